The quantitative estimate of drug-likeness (QED) is 0.262. The molecule has 1 saturated heterocycles. The second-order valence-electron chi connectivity index (χ2n) is 8.85. The topological polar surface area (TPSA) is 157 Å². The third kappa shape index (κ3) is 5.73. The molecule has 1 amide bonds. The van der Waals surface area contributed by atoms with E-state index in [4.69, 9.17) is 10.5 Å². The lowest BCUT2D eigenvalue weighted by molar-refractivity contribution is -0.323. The molecule has 0 aliphatic carbocycles. The standard InChI is InChI=1S/C23H32N6O5/c1-2-3-8-34-22-26-20(24)19-21(27-22)29(14-18(30)25-19)13-16-9-15(12-28-6-4-5-7-28)10-17(11-16)23(31,32)33/h9-11,31-33H,2-8,12-14H2,1H3,(H,25,30)(H2,24,26,27). The van der Waals surface area contributed by atoms with E-state index in [1.165, 1.54) is 6.07 Å². The van der Waals surface area contributed by atoms with Crippen LogP contribution in [0, 0.1) is 0 Å². The predicted octanol–water partition coefficient (Wildman–Crippen LogP) is 0.879. The van der Waals surface area contributed by atoms with Crippen molar-refractivity contribution < 1.29 is 24.9 Å². The summed E-state index contributed by atoms with van der Waals surface area (Å²) in [7, 11) is 0. The fourth-order valence-electron chi connectivity index (χ4n) is 4.28. The summed E-state index contributed by atoms with van der Waals surface area (Å²) < 4.78 is 5.63. The number of aromatic nitrogens is 2. The van der Waals surface area contributed by atoms with Gasteiger partial charge in [-0.05, 0) is 55.6 Å². The van der Waals surface area contributed by atoms with Gasteiger partial charge in [-0.1, -0.05) is 19.4 Å². The average molecular weight is 473 g/mol. The van der Waals surface area contributed by atoms with Gasteiger partial charge in [0.05, 0.1) is 13.2 Å². The highest BCUT2D eigenvalue weighted by atomic mass is 16.7. The van der Waals surface area contributed by atoms with Crippen LogP contribution >= 0.6 is 0 Å². The van der Waals surface area contributed by atoms with E-state index in [0.717, 1.165) is 44.3 Å². The smallest absolute Gasteiger partial charge is 0.320 e. The number of likely N-dealkylation sites (tertiary alicyclic amines) is 1. The molecule has 34 heavy (non-hydrogen) atoms. The van der Waals surface area contributed by atoms with Crippen molar-refractivity contribution in [1.82, 2.24) is 14.9 Å². The summed E-state index contributed by atoms with van der Waals surface area (Å²) in [5, 5.41) is 32.3. The van der Waals surface area contributed by atoms with Crippen LogP contribution in [0.4, 0.5) is 17.3 Å². The second kappa shape index (κ2) is 10.1. The molecule has 184 valence electrons. The monoisotopic (exact) mass is 472 g/mol. The third-order valence-electron chi connectivity index (χ3n) is 5.94. The highest BCUT2D eigenvalue weighted by Crippen LogP contribution is 2.34. The van der Waals surface area contributed by atoms with E-state index in [2.05, 4.69) is 27.1 Å². The molecule has 2 aliphatic rings. The number of nitrogen functional groups attached to an aromatic ring is 1. The number of nitrogens with two attached hydrogens (primary N) is 1. The Bertz CT molecular complexity index is 1040. The van der Waals surface area contributed by atoms with Gasteiger partial charge in [0.1, 0.15) is 5.69 Å². The van der Waals surface area contributed by atoms with Crippen LogP contribution in [0.1, 0.15) is 49.3 Å². The fraction of sp³-hybridized carbons (Fsp3) is 0.522. The lowest BCUT2D eigenvalue weighted by Gasteiger charge is -2.31. The normalized spacial score (nSPS) is 16.5. The number of carbonyl (C=O) groups excluding carboxylic acids is 1. The third-order valence-corrected chi connectivity index (χ3v) is 5.94. The number of unbranched alkanes of at least 4 members (excludes halogenated alkanes) is 1. The zero-order valence-electron chi connectivity index (χ0n) is 19.3. The number of nitrogens with one attached hydrogen (secondary N) is 1. The molecule has 1 fully saturated rings. The van der Waals surface area contributed by atoms with Crippen molar-refractivity contribution in [2.75, 3.05) is 42.2 Å². The Morgan fingerprint density at radius 2 is 1.82 bits per heavy atom. The Labute approximate surface area is 198 Å². The number of hydrogen-bond donors (Lipinski definition) is 5. The first kappa shape index (κ1) is 24.1. The van der Waals surface area contributed by atoms with Crippen LogP contribution in [0.15, 0.2) is 18.2 Å². The number of amides is 1. The Balaban J connectivity index is 1.64. The van der Waals surface area contributed by atoms with Crippen molar-refractivity contribution in [3.8, 4) is 6.01 Å². The molecule has 11 heteroatoms. The molecule has 1 aromatic heterocycles. The van der Waals surface area contributed by atoms with Crippen molar-refractivity contribution >= 4 is 23.2 Å². The fourth-order valence-corrected chi connectivity index (χ4v) is 4.28. The van der Waals surface area contributed by atoms with Crippen LogP contribution in [-0.2, 0) is 23.9 Å². The summed E-state index contributed by atoms with van der Waals surface area (Å²) >= 11 is 0. The van der Waals surface area contributed by atoms with Gasteiger partial charge in [0.2, 0.25) is 5.91 Å². The van der Waals surface area contributed by atoms with E-state index < -0.39 is 5.97 Å². The van der Waals surface area contributed by atoms with Gasteiger partial charge in [-0.25, -0.2) is 0 Å². The van der Waals surface area contributed by atoms with Crippen LogP contribution < -0.4 is 20.7 Å². The maximum Gasteiger partial charge on any atom is 0.320 e. The maximum atomic E-state index is 12.4. The molecule has 2 aliphatic heterocycles. The van der Waals surface area contributed by atoms with Gasteiger partial charge in [0.25, 0.3) is 0 Å². The Morgan fingerprint density at radius 1 is 1.12 bits per heavy atom. The Hall–Kier alpha value is -2.99. The van der Waals surface area contributed by atoms with Crippen molar-refractivity contribution in [3.05, 3.63) is 34.9 Å². The van der Waals surface area contributed by atoms with Gasteiger partial charge < -0.3 is 36.0 Å². The van der Waals surface area contributed by atoms with Gasteiger partial charge in [0, 0.05) is 18.7 Å². The van der Waals surface area contributed by atoms with Crippen molar-refractivity contribution in [2.45, 2.75) is 51.7 Å². The molecule has 1 aromatic carbocycles. The number of carbonyl (C=O) groups is 1. The summed E-state index contributed by atoms with van der Waals surface area (Å²) in [5.41, 5.74) is 7.88. The molecule has 0 spiro atoms. The number of fused-ring (bicyclic) bond motifs is 1. The molecule has 0 radical (unpaired) electrons. The minimum atomic E-state index is -2.97. The lowest BCUT2D eigenvalue weighted by atomic mass is 10.0. The molecule has 0 bridgehead atoms. The lowest BCUT2D eigenvalue weighted by Crippen LogP contribution is -2.39. The van der Waals surface area contributed by atoms with Crippen molar-refractivity contribution in [3.63, 3.8) is 0 Å². The number of nitrogens with zero attached hydrogens (tertiary/aromatic N) is 4. The largest absolute Gasteiger partial charge is 0.463 e. The predicted molar refractivity (Wildman–Crippen MR) is 126 cm³/mol. The van der Waals surface area contributed by atoms with Crippen LogP contribution in [0.3, 0.4) is 0 Å². The Kier molecular flexibility index (Phi) is 7.17. The molecular weight excluding hydrogens is 440 g/mol. The molecule has 11 nitrogen and oxygen atoms in total. The molecule has 6 N–H and O–H groups in total. The van der Waals surface area contributed by atoms with E-state index >= 15 is 0 Å². The summed E-state index contributed by atoms with van der Waals surface area (Å²) in [4.78, 5) is 25.0. The molecule has 4 rings (SSSR count). The van der Waals surface area contributed by atoms with Crippen molar-refractivity contribution in [2.24, 2.45) is 0 Å². The average Bonchev–Trinajstić information content (AvgIpc) is 3.27. The van der Waals surface area contributed by atoms with Crippen LogP contribution in [0.5, 0.6) is 6.01 Å². The summed E-state index contributed by atoms with van der Waals surface area (Å²) in [6.45, 7) is 5.31. The minimum Gasteiger partial charge on any atom is -0.463 e. The molecule has 0 saturated carbocycles. The van der Waals surface area contributed by atoms with E-state index in [1.807, 2.05) is 6.07 Å². The number of hydrogen-bond acceptors (Lipinski definition) is 10. The molecular formula is C23H32N6O5. The SMILES string of the molecule is CCCCOc1nc(N)c2c(n1)N(Cc1cc(CN3CCCC3)cc(C(O)(O)O)c1)CC(=O)N2. The van der Waals surface area contributed by atoms with Crippen LogP contribution in [0.25, 0.3) is 0 Å². The first-order valence-corrected chi connectivity index (χ1v) is 11.6. The first-order valence-electron chi connectivity index (χ1n) is 11.6. The highest BCUT2D eigenvalue weighted by molar-refractivity contribution is 6.03. The molecule has 0 atom stereocenters. The van der Waals surface area contributed by atoms with E-state index in [1.54, 1.807) is 11.0 Å². The van der Waals surface area contributed by atoms with Crippen molar-refractivity contribution in [1.29, 1.82) is 0 Å². The zero-order valence-corrected chi connectivity index (χ0v) is 19.3. The number of anilines is 3. The van der Waals surface area contributed by atoms with E-state index in [0.29, 0.717) is 30.2 Å². The highest BCUT2D eigenvalue weighted by Gasteiger charge is 2.29. The zero-order chi connectivity index (χ0) is 24.3. The van der Waals surface area contributed by atoms with Crippen LogP contribution in [-0.4, -0.2) is 62.3 Å². The van der Waals surface area contributed by atoms with Gasteiger partial charge in [-0.15, -0.1) is 0 Å². The number of rotatable bonds is 9. The summed E-state index contributed by atoms with van der Waals surface area (Å²) in [6, 6.07) is 5.15. The van der Waals surface area contributed by atoms with Gasteiger partial charge in [-0.3, -0.25) is 9.69 Å². The minimum absolute atomic E-state index is 0.0199. The number of aliphatic hydroxyl groups is 3. The van der Waals surface area contributed by atoms with Gasteiger partial charge in [0.15, 0.2) is 11.6 Å². The summed E-state index contributed by atoms with van der Waals surface area (Å²) in [6.07, 6.45) is 4.05. The molecule has 2 aromatic rings. The van der Waals surface area contributed by atoms with Gasteiger partial charge >= 0.3 is 12.0 Å². The molecule has 3 heterocycles. The second-order valence-corrected chi connectivity index (χ2v) is 8.85. The maximum absolute atomic E-state index is 12.4. The van der Waals surface area contributed by atoms with Crippen LogP contribution in [0.2, 0.25) is 0 Å². The molecule has 0 unspecified atom stereocenters. The summed E-state index contributed by atoms with van der Waals surface area (Å²) in [5.74, 6) is -2.71. The number of benzene rings is 1. The number of ether oxygens (including phenoxy) is 1. The van der Waals surface area contributed by atoms with Gasteiger partial charge in [-0.2, -0.15) is 9.97 Å². The van der Waals surface area contributed by atoms with E-state index in [-0.39, 0.29) is 36.4 Å². The van der Waals surface area contributed by atoms with E-state index in [9.17, 15) is 20.1 Å². The Morgan fingerprint density at radius 3 is 2.50 bits per heavy atom. The first-order chi connectivity index (χ1) is 16.2.